The van der Waals surface area contributed by atoms with Gasteiger partial charge in [0.1, 0.15) is 4.90 Å². The van der Waals surface area contributed by atoms with Crippen LogP contribution in [0, 0.1) is 5.41 Å². The summed E-state index contributed by atoms with van der Waals surface area (Å²) in [6.45, 7) is 7.77. The molecule has 134 valence electrons. The minimum atomic E-state index is -3.64. The minimum absolute atomic E-state index is 0.0767. The van der Waals surface area contributed by atoms with Gasteiger partial charge in [-0.3, -0.25) is 4.79 Å². The predicted octanol–water partition coefficient (Wildman–Crippen LogP) is 3.00. The van der Waals surface area contributed by atoms with E-state index in [0.29, 0.717) is 39.0 Å². The average Bonchev–Trinajstić information content (AvgIpc) is 2.72. The normalized spacial score (nSPS) is 17.6. The van der Waals surface area contributed by atoms with Gasteiger partial charge in [-0.15, -0.1) is 0 Å². The van der Waals surface area contributed by atoms with E-state index in [1.807, 2.05) is 20.8 Å². The van der Waals surface area contributed by atoms with E-state index in [4.69, 9.17) is 11.6 Å². The van der Waals surface area contributed by atoms with Gasteiger partial charge in [-0.05, 0) is 24.0 Å². The average molecular weight is 373 g/mol. The zero-order chi connectivity index (χ0) is 18.0. The number of carbonyl (C=O) groups is 1. The van der Waals surface area contributed by atoms with Gasteiger partial charge in [-0.2, -0.15) is 4.31 Å². The summed E-state index contributed by atoms with van der Waals surface area (Å²) in [6.07, 6.45) is 1.09. The Morgan fingerprint density at radius 1 is 1.12 bits per heavy atom. The number of halogens is 1. The molecule has 1 aromatic rings. The van der Waals surface area contributed by atoms with Crippen molar-refractivity contribution in [2.45, 2.75) is 38.5 Å². The Morgan fingerprint density at radius 2 is 1.79 bits per heavy atom. The maximum Gasteiger partial charge on any atom is 0.244 e. The quantitative estimate of drug-likeness (QED) is 0.819. The van der Waals surface area contributed by atoms with Crippen LogP contribution in [-0.2, 0) is 14.8 Å². The third-order valence-electron chi connectivity index (χ3n) is 3.94. The van der Waals surface area contributed by atoms with Crippen LogP contribution in [0.3, 0.4) is 0 Å². The number of carbonyl (C=O) groups excluding carboxylic acids is 1. The number of rotatable bonds is 3. The van der Waals surface area contributed by atoms with E-state index in [2.05, 4.69) is 0 Å². The zero-order valence-corrected chi connectivity index (χ0v) is 16.0. The van der Waals surface area contributed by atoms with E-state index in [1.165, 1.54) is 10.4 Å². The molecule has 7 heteroatoms. The summed E-state index contributed by atoms with van der Waals surface area (Å²) in [6, 6.07) is 6.46. The number of amides is 1. The highest BCUT2D eigenvalue weighted by atomic mass is 35.5. The SMILES string of the molecule is CC(C)(C)CC(=O)N1CCCN(S(=O)(=O)c2ccccc2Cl)CC1. The first-order chi connectivity index (χ1) is 11.1. The van der Waals surface area contributed by atoms with Crippen LogP contribution in [-0.4, -0.2) is 49.7 Å². The van der Waals surface area contributed by atoms with E-state index in [1.54, 1.807) is 23.1 Å². The molecule has 0 unspecified atom stereocenters. The van der Waals surface area contributed by atoms with Gasteiger partial charge in [0, 0.05) is 32.6 Å². The van der Waals surface area contributed by atoms with Crippen molar-refractivity contribution in [1.29, 1.82) is 0 Å². The summed E-state index contributed by atoms with van der Waals surface area (Å²) in [5.41, 5.74) is -0.0767. The number of sulfonamides is 1. The van der Waals surface area contributed by atoms with Crippen LogP contribution in [0.15, 0.2) is 29.2 Å². The Bertz CT molecular complexity index is 698. The highest BCUT2D eigenvalue weighted by Crippen LogP contribution is 2.25. The molecule has 1 aliphatic rings. The van der Waals surface area contributed by atoms with Crippen molar-refractivity contribution in [1.82, 2.24) is 9.21 Å². The van der Waals surface area contributed by atoms with Gasteiger partial charge in [0.25, 0.3) is 0 Å². The molecule has 24 heavy (non-hydrogen) atoms. The van der Waals surface area contributed by atoms with E-state index in [0.717, 1.165) is 0 Å². The van der Waals surface area contributed by atoms with Crippen molar-refractivity contribution in [3.8, 4) is 0 Å². The molecule has 0 aromatic heterocycles. The largest absolute Gasteiger partial charge is 0.341 e. The molecule has 1 amide bonds. The van der Waals surface area contributed by atoms with Crippen LogP contribution in [0.5, 0.6) is 0 Å². The van der Waals surface area contributed by atoms with Gasteiger partial charge in [0.05, 0.1) is 5.02 Å². The van der Waals surface area contributed by atoms with Crippen molar-refractivity contribution in [2.24, 2.45) is 5.41 Å². The van der Waals surface area contributed by atoms with Crippen LogP contribution in [0.4, 0.5) is 0 Å². The summed E-state index contributed by atoms with van der Waals surface area (Å²) in [7, 11) is -3.64. The van der Waals surface area contributed by atoms with Crippen LogP contribution in [0.25, 0.3) is 0 Å². The highest BCUT2D eigenvalue weighted by Gasteiger charge is 2.30. The molecule has 1 heterocycles. The van der Waals surface area contributed by atoms with Crippen LogP contribution >= 0.6 is 11.6 Å². The predicted molar refractivity (Wildman–Crippen MR) is 95.5 cm³/mol. The standard InChI is InChI=1S/C17H25ClN2O3S/c1-17(2,3)13-16(21)19-9-6-10-20(12-11-19)24(22,23)15-8-5-4-7-14(15)18/h4-5,7-8H,6,9-13H2,1-3H3. The van der Waals surface area contributed by atoms with Gasteiger partial charge < -0.3 is 4.90 Å². The second kappa shape index (κ2) is 7.42. The molecule has 1 aliphatic heterocycles. The lowest BCUT2D eigenvalue weighted by atomic mass is 9.91. The van der Waals surface area contributed by atoms with Crippen molar-refractivity contribution < 1.29 is 13.2 Å². The molecule has 0 spiro atoms. The second-order valence-corrected chi connectivity index (χ2v) is 9.62. The summed E-state index contributed by atoms with van der Waals surface area (Å²) >= 11 is 6.05. The van der Waals surface area contributed by atoms with Crippen LogP contribution in [0.1, 0.15) is 33.6 Å². The molecule has 0 bridgehead atoms. The third-order valence-corrected chi connectivity index (χ3v) is 6.34. The van der Waals surface area contributed by atoms with Gasteiger partial charge in [-0.25, -0.2) is 8.42 Å². The third kappa shape index (κ3) is 4.71. The van der Waals surface area contributed by atoms with E-state index >= 15 is 0 Å². The maximum absolute atomic E-state index is 12.8. The lowest BCUT2D eigenvalue weighted by Crippen LogP contribution is -2.38. The minimum Gasteiger partial charge on any atom is -0.341 e. The smallest absolute Gasteiger partial charge is 0.244 e. The Balaban J connectivity index is 2.11. The number of nitrogens with zero attached hydrogens (tertiary/aromatic N) is 2. The highest BCUT2D eigenvalue weighted by molar-refractivity contribution is 7.89. The topological polar surface area (TPSA) is 57.7 Å². The molecule has 0 radical (unpaired) electrons. The Kier molecular flexibility index (Phi) is 5.94. The fourth-order valence-corrected chi connectivity index (χ4v) is 4.70. The van der Waals surface area contributed by atoms with Crippen LogP contribution < -0.4 is 0 Å². The van der Waals surface area contributed by atoms with Gasteiger partial charge in [-0.1, -0.05) is 44.5 Å². The van der Waals surface area contributed by atoms with E-state index in [9.17, 15) is 13.2 Å². The van der Waals surface area contributed by atoms with Crippen molar-refractivity contribution >= 4 is 27.5 Å². The van der Waals surface area contributed by atoms with Gasteiger partial charge >= 0.3 is 0 Å². The monoisotopic (exact) mass is 372 g/mol. The summed E-state index contributed by atoms with van der Waals surface area (Å²) in [5.74, 6) is 0.0829. The fourth-order valence-electron chi connectivity index (χ4n) is 2.74. The molecule has 5 nitrogen and oxygen atoms in total. The van der Waals surface area contributed by atoms with Crippen molar-refractivity contribution in [3.05, 3.63) is 29.3 Å². The summed E-state index contributed by atoms with van der Waals surface area (Å²) < 4.78 is 27.0. The number of hydrogen-bond acceptors (Lipinski definition) is 3. The lowest BCUT2D eigenvalue weighted by Gasteiger charge is -2.25. The lowest BCUT2D eigenvalue weighted by molar-refractivity contribution is -0.132. The van der Waals surface area contributed by atoms with Crippen molar-refractivity contribution in [3.63, 3.8) is 0 Å². The molecular formula is C17H25ClN2O3S. The number of hydrogen-bond donors (Lipinski definition) is 0. The molecule has 0 aliphatic carbocycles. The summed E-state index contributed by atoms with van der Waals surface area (Å²) in [5, 5.41) is 0.224. The first kappa shape index (κ1) is 19.2. The Hall–Kier alpha value is -1.11. The van der Waals surface area contributed by atoms with Gasteiger partial charge in [0.2, 0.25) is 15.9 Å². The molecule has 0 N–H and O–H groups in total. The molecule has 0 atom stereocenters. The first-order valence-electron chi connectivity index (χ1n) is 8.14. The molecular weight excluding hydrogens is 348 g/mol. The molecule has 1 aromatic carbocycles. The Morgan fingerprint density at radius 3 is 2.42 bits per heavy atom. The summed E-state index contributed by atoms with van der Waals surface area (Å²) in [4.78, 5) is 14.3. The first-order valence-corrected chi connectivity index (χ1v) is 9.95. The Labute approximate surface area is 149 Å². The molecule has 1 fully saturated rings. The number of benzene rings is 1. The zero-order valence-electron chi connectivity index (χ0n) is 14.5. The molecule has 1 saturated heterocycles. The van der Waals surface area contributed by atoms with Gasteiger partial charge in [0.15, 0.2) is 0 Å². The van der Waals surface area contributed by atoms with Crippen LogP contribution in [0.2, 0.25) is 5.02 Å². The molecule has 0 saturated carbocycles. The molecule has 2 rings (SSSR count). The van der Waals surface area contributed by atoms with Crippen molar-refractivity contribution in [2.75, 3.05) is 26.2 Å². The second-order valence-electron chi connectivity index (χ2n) is 7.31. The fraction of sp³-hybridized carbons (Fsp3) is 0.588. The van der Waals surface area contributed by atoms with E-state index < -0.39 is 10.0 Å². The van der Waals surface area contributed by atoms with E-state index in [-0.39, 0.29) is 21.2 Å². The maximum atomic E-state index is 12.8.